The number of nitrogens with one attached hydrogen (secondary N) is 1. The summed E-state index contributed by atoms with van der Waals surface area (Å²) in [7, 11) is 0. The molecule has 3 nitrogen and oxygen atoms in total. The lowest BCUT2D eigenvalue weighted by atomic mass is 10.3. The smallest absolute Gasteiger partial charge is 0.232 e. The largest absolute Gasteiger partial charge is 0.394 e. The second-order valence-corrected chi connectivity index (χ2v) is 2.03. The van der Waals surface area contributed by atoms with Crippen molar-refractivity contribution in [3.8, 4) is 12.3 Å². The zero-order chi connectivity index (χ0) is 7.98. The standard InChI is InChI=1S/C7H11NO2/c1-3-4-7(10)8-6(2)5-9/h1,6,9H,4-5H2,2H3,(H,8,10)/t6-/m0/s1. The molecule has 0 saturated heterocycles. The van der Waals surface area contributed by atoms with Crippen molar-refractivity contribution < 1.29 is 9.90 Å². The van der Waals surface area contributed by atoms with E-state index in [0.29, 0.717) is 0 Å². The molecule has 0 aromatic carbocycles. The highest BCUT2D eigenvalue weighted by Crippen LogP contribution is 1.81. The molecule has 0 fully saturated rings. The van der Waals surface area contributed by atoms with Gasteiger partial charge in [-0.15, -0.1) is 6.42 Å². The van der Waals surface area contributed by atoms with Crippen molar-refractivity contribution in [2.24, 2.45) is 0 Å². The average Bonchev–Trinajstić information content (AvgIpc) is 1.88. The molecule has 0 aliphatic heterocycles. The number of aliphatic hydroxyl groups excluding tert-OH is 1. The van der Waals surface area contributed by atoms with Crippen molar-refractivity contribution in [1.82, 2.24) is 5.32 Å². The molecule has 0 spiro atoms. The van der Waals surface area contributed by atoms with Crippen molar-refractivity contribution in [3.05, 3.63) is 0 Å². The molecule has 0 radical (unpaired) electrons. The van der Waals surface area contributed by atoms with Crippen molar-refractivity contribution in [2.45, 2.75) is 19.4 Å². The number of hydrogen-bond donors (Lipinski definition) is 2. The monoisotopic (exact) mass is 141 g/mol. The van der Waals surface area contributed by atoms with Crippen LogP contribution in [0.15, 0.2) is 0 Å². The van der Waals surface area contributed by atoms with E-state index in [1.165, 1.54) is 0 Å². The fourth-order valence-corrected chi connectivity index (χ4v) is 0.464. The van der Waals surface area contributed by atoms with Gasteiger partial charge in [-0.2, -0.15) is 0 Å². The minimum Gasteiger partial charge on any atom is -0.394 e. The van der Waals surface area contributed by atoms with E-state index in [-0.39, 0.29) is 25.0 Å². The Balaban J connectivity index is 3.49. The highest BCUT2D eigenvalue weighted by atomic mass is 16.3. The molecule has 0 heterocycles. The second-order valence-electron chi connectivity index (χ2n) is 2.03. The zero-order valence-corrected chi connectivity index (χ0v) is 5.92. The number of terminal acetylenes is 1. The van der Waals surface area contributed by atoms with E-state index in [2.05, 4.69) is 11.2 Å². The molecule has 0 aliphatic rings. The molecular formula is C7H11NO2. The average molecular weight is 141 g/mol. The van der Waals surface area contributed by atoms with Crippen LogP contribution in [0.4, 0.5) is 0 Å². The van der Waals surface area contributed by atoms with E-state index in [1.54, 1.807) is 6.92 Å². The third-order valence-corrected chi connectivity index (χ3v) is 0.944. The van der Waals surface area contributed by atoms with E-state index in [1.807, 2.05) is 0 Å². The van der Waals surface area contributed by atoms with Gasteiger partial charge < -0.3 is 10.4 Å². The van der Waals surface area contributed by atoms with Crippen LogP contribution in [-0.2, 0) is 4.79 Å². The number of carbonyl (C=O) groups is 1. The Morgan fingerprint density at radius 2 is 2.50 bits per heavy atom. The fourth-order valence-electron chi connectivity index (χ4n) is 0.464. The molecule has 0 rings (SSSR count). The van der Waals surface area contributed by atoms with Crippen LogP contribution in [-0.4, -0.2) is 23.7 Å². The Hall–Kier alpha value is -1.01. The molecule has 1 atom stereocenters. The van der Waals surface area contributed by atoms with Crippen LogP contribution in [0.5, 0.6) is 0 Å². The van der Waals surface area contributed by atoms with E-state index in [4.69, 9.17) is 11.5 Å². The third kappa shape index (κ3) is 3.93. The Morgan fingerprint density at radius 3 is 2.90 bits per heavy atom. The third-order valence-electron chi connectivity index (χ3n) is 0.944. The van der Waals surface area contributed by atoms with Crippen molar-refractivity contribution in [1.29, 1.82) is 0 Å². The van der Waals surface area contributed by atoms with Crippen molar-refractivity contribution in [3.63, 3.8) is 0 Å². The summed E-state index contributed by atoms with van der Waals surface area (Å²) < 4.78 is 0. The van der Waals surface area contributed by atoms with Crippen LogP contribution < -0.4 is 5.32 Å². The highest BCUT2D eigenvalue weighted by Gasteiger charge is 2.02. The molecule has 1 amide bonds. The van der Waals surface area contributed by atoms with Crippen LogP contribution in [0.25, 0.3) is 0 Å². The molecule has 0 aromatic heterocycles. The Kier molecular flexibility index (Phi) is 4.34. The summed E-state index contributed by atoms with van der Waals surface area (Å²) in [5, 5.41) is 11.0. The van der Waals surface area contributed by atoms with Gasteiger partial charge in [0.2, 0.25) is 5.91 Å². The molecule has 2 N–H and O–H groups in total. The Labute approximate surface area is 60.4 Å². The van der Waals surface area contributed by atoms with E-state index in [9.17, 15) is 4.79 Å². The normalized spacial score (nSPS) is 11.7. The van der Waals surface area contributed by atoms with Crippen LogP contribution in [0.2, 0.25) is 0 Å². The number of rotatable bonds is 3. The molecule has 0 aliphatic carbocycles. The van der Waals surface area contributed by atoms with E-state index >= 15 is 0 Å². The molecule has 0 bridgehead atoms. The van der Waals surface area contributed by atoms with Gasteiger partial charge in [-0.25, -0.2) is 0 Å². The first-order chi connectivity index (χ1) is 4.70. The van der Waals surface area contributed by atoms with Gasteiger partial charge in [-0.05, 0) is 6.92 Å². The van der Waals surface area contributed by atoms with Gasteiger partial charge >= 0.3 is 0 Å². The minimum atomic E-state index is -0.218. The highest BCUT2D eigenvalue weighted by molar-refractivity contribution is 5.78. The van der Waals surface area contributed by atoms with Gasteiger partial charge in [0, 0.05) is 6.04 Å². The first kappa shape index (κ1) is 8.99. The SMILES string of the molecule is C#CCC(=O)N[C@@H](C)CO. The van der Waals surface area contributed by atoms with E-state index < -0.39 is 0 Å². The summed E-state index contributed by atoms with van der Waals surface area (Å²) >= 11 is 0. The maximum Gasteiger partial charge on any atom is 0.232 e. The lowest BCUT2D eigenvalue weighted by molar-refractivity contribution is -0.120. The zero-order valence-electron chi connectivity index (χ0n) is 5.92. The van der Waals surface area contributed by atoms with Gasteiger partial charge in [0.05, 0.1) is 13.0 Å². The van der Waals surface area contributed by atoms with Crippen molar-refractivity contribution in [2.75, 3.05) is 6.61 Å². The van der Waals surface area contributed by atoms with Gasteiger partial charge in [-0.3, -0.25) is 4.79 Å². The summed E-state index contributed by atoms with van der Waals surface area (Å²) in [5.41, 5.74) is 0. The molecule has 56 valence electrons. The fraction of sp³-hybridized carbons (Fsp3) is 0.571. The number of hydrogen-bond acceptors (Lipinski definition) is 2. The number of carbonyl (C=O) groups excluding carboxylic acids is 1. The number of aliphatic hydroxyl groups is 1. The first-order valence-electron chi connectivity index (χ1n) is 3.04. The lowest BCUT2D eigenvalue weighted by Crippen LogP contribution is -2.34. The Bertz CT molecular complexity index is 148. The quantitative estimate of drug-likeness (QED) is 0.521. The predicted molar refractivity (Wildman–Crippen MR) is 38.1 cm³/mol. The van der Waals surface area contributed by atoms with Crippen LogP contribution >= 0.6 is 0 Å². The van der Waals surface area contributed by atoms with Crippen LogP contribution in [0, 0.1) is 12.3 Å². The molecule has 0 unspecified atom stereocenters. The van der Waals surface area contributed by atoms with Gasteiger partial charge in [0.1, 0.15) is 0 Å². The van der Waals surface area contributed by atoms with Gasteiger partial charge in [0.25, 0.3) is 0 Å². The predicted octanol–water partition coefficient (Wildman–Crippen LogP) is -0.493. The topological polar surface area (TPSA) is 49.3 Å². The molecule has 10 heavy (non-hydrogen) atoms. The summed E-state index contributed by atoms with van der Waals surface area (Å²) in [6, 6.07) is -0.208. The first-order valence-corrected chi connectivity index (χ1v) is 3.04. The summed E-state index contributed by atoms with van der Waals surface area (Å²) in [6.45, 7) is 1.64. The number of amides is 1. The summed E-state index contributed by atoms with van der Waals surface area (Å²) in [4.78, 5) is 10.6. The maximum absolute atomic E-state index is 10.6. The van der Waals surface area contributed by atoms with Crippen molar-refractivity contribution >= 4 is 5.91 Å². The van der Waals surface area contributed by atoms with Gasteiger partial charge in [0.15, 0.2) is 0 Å². The lowest BCUT2D eigenvalue weighted by Gasteiger charge is -2.07. The summed E-state index contributed by atoms with van der Waals surface area (Å²) in [6.07, 6.45) is 4.95. The molecule has 3 heteroatoms. The Morgan fingerprint density at radius 1 is 1.90 bits per heavy atom. The minimum absolute atomic E-state index is 0.0592. The van der Waals surface area contributed by atoms with E-state index in [0.717, 1.165) is 0 Å². The molecule has 0 aromatic rings. The van der Waals surface area contributed by atoms with Crippen LogP contribution in [0.1, 0.15) is 13.3 Å². The van der Waals surface area contributed by atoms with Gasteiger partial charge in [-0.1, -0.05) is 5.92 Å². The second kappa shape index (κ2) is 4.83. The maximum atomic E-state index is 10.6. The molecule has 0 saturated carbocycles. The molecular weight excluding hydrogens is 130 g/mol. The summed E-state index contributed by atoms with van der Waals surface area (Å²) in [5.74, 6) is 1.98. The van der Waals surface area contributed by atoms with Crippen LogP contribution in [0.3, 0.4) is 0 Å².